The van der Waals surface area contributed by atoms with Gasteiger partial charge in [0.2, 0.25) is 11.8 Å². The molecule has 0 bridgehead atoms. The van der Waals surface area contributed by atoms with E-state index in [4.69, 9.17) is 24.7 Å². The van der Waals surface area contributed by atoms with Crippen LogP contribution in [0.15, 0.2) is 12.1 Å². The molecule has 0 unspecified atom stereocenters. The fourth-order valence-electron chi connectivity index (χ4n) is 1.69. The Hall–Kier alpha value is -1.53. The van der Waals surface area contributed by atoms with Gasteiger partial charge in [0, 0.05) is 26.2 Å². The fourth-order valence-corrected chi connectivity index (χ4v) is 1.69. The van der Waals surface area contributed by atoms with Crippen LogP contribution in [0.3, 0.4) is 0 Å². The van der Waals surface area contributed by atoms with Gasteiger partial charge in [-0.1, -0.05) is 0 Å². The van der Waals surface area contributed by atoms with Crippen molar-refractivity contribution in [3.63, 3.8) is 0 Å². The topological polar surface area (TPSA) is 75.8 Å². The Balaban J connectivity index is 1.66. The van der Waals surface area contributed by atoms with E-state index in [2.05, 4.69) is 4.98 Å². The Morgan fingerprint density at radius 1 is 1.14 bits per heavy atom. The van der Waals surface area contributed by atoms with E-state index in [0.29, 0.717) is 56.4 Å². The number of nitrogens with two attached hydrogens (primary N) is 1. The van der Waals surface area contributed by atoms with Crippen LogP contribution in [0.4, 0.5) is 5.69 Å². The molecule has 6 heteroatoms. The van der Waals surface area contributed by atoms with E-state index in [9.17, 15) is 0 Å². The quantitative estimate of drug-likeness (QED) is 0.628. The van der Waals surface area contributed by atoms with Crippen LogP contribution in [-0.2, 0) is 9.47 Å². The van der Waals surface area contributed by atoms with E-state index in [-0.39, 0.29) is 0 Å². The number of nitrogens with zero attached hydrogens (tertiary/aromatic N) is 1. The number of pyridine rings is 1. The lowest BCUT2D eigenvalue weighted by Gasteiger charge is -2.10. The van der Waals surface area contributed by atoms with Crippen molar-refractivity contribution in [1.29, 1.82) is 0 Å². The lowest BCUT2D eigenvalue weighted by atomic mass is 10.4. The summed E-state index contributed by atoms with van der Waals surface area (Å²) < 4.78 is 21.4. The third-order valence-electron chi connectivity index (χ3n) is 3.13. The highest BCUT2D eigenvalue weighted by atomic mass is 16.5. The van der Waals surface area contributed by atoms with E-state index >= 15 is 0 Å². The Bertz CT molecular complexity index is 424. The molecular formula is C15H24N2O4. The van der Waals surface area contributed by atoms with Crippen LogP contribution >= 0.6 is 0 Å². The van der Waals surface area contributed by atoms with Gasteiger partial charge in [-0.15, -0.1) is 0 Å². The SMILES string of the molecule is COCCOCCCOc1ccc(N)c(OCC2CC2)n1. The highest BCUT2D eigenvalue weighted by Crippen LogP contribution is 2.30. The maximum absolute atomic E-state index is 5.84. The van der Waals surface area contributed by atoms with Gasteiger partial charge in [0.05, 0.1) is 32.1 Å². The van der Waals surface area contributed by atoms with Gasteiger partial charge in [0.25, 0.3) is 0 Å². The normalized spacial score (nSPS) is 14.1. The molecule has 118 valence electrons. The number of methoxy groups -OCH3 is 1. The van der Waals surface area contributed by atoms with Gasteiger partial charge in [-0.05, 0) is 24.8 Å². The highest BCUT2D eigenvalue weighted by molar-refractivity contribution is 5.49. The predicted octanol–water partition coefficient (Wildman–Crippen LogP) is 1.88. The average Bonchev–Trinajstić information content (AvgIpc) is 3.31. The molecule has 0 aromatic carbocycles. The van der Waals surface area contributed by atoms with Crippen LogP contribution < -0.4 is 15.2 Å². The maximum atomic E-state index is 5.84. The molecular weight excluding hydrogens is 272 g/mol. The van der Waals surface area contributed by atoms with Crippen molar-refractivity contribution < 1.29 is 18.9 Å². The van der Waals surface area contributed by atoms with Gasteiger partial charge >= 0.3 is 0 Å². The zero-order valence-electron chi connectivity index (χ0n) is 12.5. The van der Waals surface area contributed by atoms with E-state index in [0.717, 1.165) is 6.42 Å². The van der Waals surface area contributed by atoms with Crippen molar-refractivity contribution in [1.82, 2.24) is 4.98 Å². The number of hydrogen-bond acceptors (Lipinski definition) is 6. The van der Waals surface area contributed by atoms with Crippen LogP contribution in [0.2, 0.25) is 0 Å². The summed E-state index contributed by atoms with van der Waals surface area (Å²) in [6.45, 7) is 3.10. The molecule has 0 aliphatic heterocycles. The van der Waals surface area contributed by atoms with Crippen LogP contribution in [0.25, 0.3) is 0 Å². The van der Waals surface area contributed by atoms with Crippen molar-refractivity contribution in [2.45, 2.75) is 19.3 Å². The number of aromatic nitrogens is 1. The first-order valence-corrected chi connectivity index (χ1v) is 7.38. The molecule has 1 saturated carbocycles. The van der Waals surface area contributed by atoms with Crippen molar-refractivity contribution in [2.75, 3.05) is 45.9 Å². The minimum absolute atomic E-state index is 0.468. The summed E-state index contributed by atoms with van der Waals surface area (Å²) in [4.78, 5) is 4.29. The lowest BCUT2D eigenvalue weighted by molar-refractivity contribution is 0.0641. The predicted molar refractivity (Wildman–Crippen MR) is 79.7 cm³/mol. The molecule has 1 fully saturated rings. The van der Waals surface area contributed by atoms with Gasteiger partial charge in [-0.2, -0.15) is 4.98 Å². The molecule has 1 aliphatic carbocycles. The summed E-state index contributed by atoms with van der Waals surface area (Å²) in [5.41, 5.74) is 6.39. The summed E-state index contributed by atoms with van der Waals surface area (Å²) in [7, 11) is 1.65. The molecule has 1 heterocycles. The van der Waals surface area contributed by atoms with Gasteiger partial charge < -0.3 is 24.7 Å². The number of rotatable bonds is 11. The molecule has 1 aromatic heterocycles. The molecule has 1 aliphatic rings. The first kappa shape index (κ1) is 15.9. The molecule has 6 nitrogen and oxygen atoms in total. The van der Waals surface area contributed by atoms with E-state index < -0.39 is 0 Å². The molecule has 0 amide bonds. The van der Waals surface area contributed by atoms with E-state index in [1.807, 2.05) is 0 Å². The minimum atomic E-state index is 0.468. The first-order chi connectivity index (χ1) is 10.3. The van der Waals surface area contributed by atoms with Crippen LogP contribution in [0, 0.1) is 5.92 Å². The van der Waals surface area contributed by atoms with Gasteiger partial charge in [0.15, 0.2) is 0 Å². The first-order valence-electron chi connectivity index (χ1n) is 7.38. The second-order valence-corrected chi connectivity index (χ2v) is 5.11. The van der Waals surface area contributed by atoms with Crippen LogP contribution in [-0.4, -0.2) is 45.1 Å². The highest BCUT2D eigenvalue weighted by Gasteiger charge is 2.22. The van der Waals surface area contributed by atoms with Gasteiger partial charge in [-0.3, -0.25) is 0 Å². The Labute approximate surface area is 125 Å². The zero-order valence-corrected chi connectivity index (χ0v) is 12.5. The molecule has 2 rings (SSSR count). The second-order valence-electron chi connectivity index (χ2n) is 5.11. The number of ether oxygens (including phenoxy) is 4. The van der Waals surface area contributed by atoms with Crippen LogP contribution in [0.1, 0.15) is 19.3 Å². The smallest absolute Gasteiger partial charge is 0.240 e. The molecule has 2 N–H and O–H groups in total. The minimum Gasteiger partial charge on any atom is -0.477 e. The average molecular weight is 296 g/mol. The molecule has 0 atom stereocenters. The van der Waals surface area contributed by atoms with E-state index in [1.54, 1.807) is 19.2 Å². The van der Waals surface area contributed by atoms with Crippen molar-refractivity contribution in [2.24, 2.45) is 5.92 Å². The van der Waals surface area contributed by atoms with Crippen molar-refractivity contribution >= 4 is 5.69 Å². The number of hydrogen-bond donors (Lipinski definition) is 1. The summed E-state index contributed by atoms with van der Waals surface area (Å²) in [5.74, 6) is 1.67. The van der Waals surface area contributed by atoms with Crippen molar-refractivity contribution in [3.8, 4) is 11.8 Å². The molecule has 0 radical (unpaired) electrons. The molecule has 0 saturated heterocycles. The maximum Gasteiger partial charge on any atom is 0.240 e. The fraction of sp³-hybridized carbons (Fsp3) is 0.667. The Morgan fingerprint density at radius 2 is 2.00 bits per heavy atom. The lowest BCUT2D eigenvalue weighted by Crippen LogP contribution is -2.08. The molecule has 21 heavy (non-hydrogen) atoms. The monoisotopic (exact) mass is 296 g/mol. The summed E-state index contributed by atoms with van der Waals surface area (Å²) in [5, 5.41) is 0. The summed E-state index contributed by atoms with van der Waals surface area (Å²) in [6.07, 6.45) is 3.27. The molecule has 1 aromatic rings. The number of nitrogen functional groups attached to an aromatic ring is 1. The summed E-state index contributed by atoms with van der Waals surface area (Å²) >= 11 is 0. The van der Waals surface area contributed by atoms with E-state index in [1.165, 1.54) is 12.8 Å². The summed E-state index contributed by atoms with van der Waals surface area (Å²) in [6, 6.07) is 3.52. The number of anilines is 1. The second kappa shape index (κ2) is 8.69. The Morgan fingerprint density at radius 3 is 2.76 bits per heavy atom. The van der Waals surface area contributed by atoms with Crippen LogP contribution in [0.5, 0.6) is 11.8 Å². The largest absolute Gasteiger partial charge is 0.477 e. The van der Waals surface area contributed by atoms with Gasteiger partial charge in [-0.25, -0.2) is 0 Å². The van der Waals surface area contributed by atoms with Gasteiger partial charge in [0.1, 0.15) is 0 Å². The van der Waals surface area contributed by atoms with Crippen molar-refractivity contribution in [3.05, 3.63) is 12.1 Å². The standard InChI is InChI=1S/C15H24N2O4/c1-18-9-10-19-7-2-8-20-14-6-5-13(16)15(17-14)21-11-12-3-4-12/h5-6,12H,2-4,7-11,16H2,1H3. The zero-order chi connectivity index (χ0) is 14.9. The third-order valence-corrected chi connectivity index (χ3v) is 3.13. The third kappa shape index (κ3) is 6.18. The Kier molecular flexibility index (Phi) is 6.56. The molecule has 0 spiro atoms.